The Morgan fingerprint density at radius 1 is 1.43 bits per heavy atom. The summed E-state index contributed by atoms with van der Waals surface area (Å²) in [4.78, 5) is 15.6. The molecule has 1 saturated heterocycles. The molecule has 2 N–H and O–H groups in total. The van der Waals surface area contributed by atoms with Gasteiger partial charge >= 0.3 is 0 Å². The lowest BCUT2D eigenvalue weighted by atomic mass is 10.0. The molecule has 0 bridgehead atoms. The van der Waals surface area contributed by atoms with Crippen LogP contribution in [0.15, 0.2) is 18.2 Å². The SMILES string of the molecule is CC(C)c1cc2[nH]c(CNC(=O)C3(C)CCCO3)cc2cc1Cl. The monoisotopic (exact) mass is 334 g/mol. The number of benzene rings is 1. The summed E-state index contributed by atoms with van der Waals surface area (Å²) in [5.74, 6) is 0.326. The van der Waals surface area contributed by atoms with E-state index < -0.39 is 5.60 Å². The van der Waals surface area contributed by atoms with E-state index in [1.165, 1.54) is 0 Å². The van der Waals surface area contributed by atoms with Crippen molar-refractivity contribution < 1.29 is 9.53 Å². The van der Waals surface area contributed by atoms with Gasteiger partial charge in [-0.05, 0) is 49.4 Å². The first kappa shape index (κ1) is 16.3. The average Bonchev–Trinajstić information content (AvgIpc) is 3.10. The summed E-state index contributed by atoms with van der Waals surface area (Å²) >= 11 is 6.34. The first-order chi connectivity index (χ1) is 10.9. The van der Waals surface area contributed by atoms with Crippen LogP contribution in [0.2, 0.25) is 5.02 Å². The minimum Gasteiger partial charge on any atom is -0.365 e. The quantitative estimate of drug-likeness (QED) is 0.883. The number of hydrogen-bond acceptors (Lipinski definition) is 2. The summed E-state index contributed by atoms with van der Waals surface area (Å²) in [7, 11) is 0. The highest BCUT2D eigenvalue weighted by molar-refractivity contribution is 6.32. The highest BCUT2D eigenvalue weighted by Crippen LogP contribution is 2.30. The fourth-order valence-electron chi connectivity index (χ4n) is 3.09. The minimum atomic E-state index is -0.680. The second-order valence-electron chi connectivity index (χ2n) is 6.78. The number of carbonyl (C=O) groups excluding carboxylic acids is 1. The van der Waals surface area contributed by atoms with Crippen molar-refractivity contribution in [2.75, 3.05) is 6.61 Å². The number of fused-ring (bicyclic) bond motifs is 1. The van der Waals surface area contributed by atoms with Crippen LogP contribution in [0, 0.1) is 0 Å². The van der Waals surface area contributed by atoms with E-state index in [2.05, 4.69) is 30.2 Å². The van der Waals surface area contributed by atoms with Crippen LogP contribution < -0.4 is 5.32 Å². The normalized spacial score (nSPS) is 21.3. The molecule has 1 aromatic carbocycles. The van der Waals surface area contributed by atoms with Gasteiger partial charge in [-0.1, -0.05) is 25.4 Å². The van der Waals surface area contributed by atoms with Gasteiger partial charge in [-0.2, -0.15) is 0 Å². The fourth-order valence-corrected chi connectivity index (χ4v) is 3.48. The summed E-state index contributed by atoms with van der Waals surface area (Å²) < 4.78 is 5.57. The molecule has 1 aliphatic rings. The van der Waals surface area contributed by atoms with Crippen molar-refractivity contribution in [3.8, 4) is 0 Å². The van der Waals surface area contributed by atoms with Gasteiger partial charge in [0, 0.05) is 28.2 Å². The van der Waals surface area contributed by atoms with Crippen molar-refractivity contribution in [2.24, 2.45) is 0 Å². The summed E-state index contributed by atoms with van der Waals surface area (Å²) in [6.07, 6.45) is 1.71. The molecule has 4 nitrogen and oxygen atoms in total. The number of nitrogens with one attached hydrogen (secondary N) is 2. The molecule has 124 valence electrons. The van der Waals surface area contributed by atoms with Gasteiger partial charge in [0.2, 0.25) is 0 Å². The van der Waals surface area contributed by atoms with Gasteiger partial charge in [-0.25, -0.2) is 0 Å². The van der Waals surface area contributed by atoms with E-state index in [1.807, 2.05) is 19.1 Å². The molecular formula is C18H23ClN2O2. The van der Waals surface area contributed by atoms with Gasteiger partial charge < -0.3 is 15.0 Å². The highest BCUT2D eigenvalue weighted by atomic mass is 35.5. The van der Waals surface area contributed by atoms with Gasteiger partial charge in [0.05, 0.1) is 6.54 Å². The second-order valence-corrected chi connectivity index (χ2v) is 7.18. The third-order valence-electron chi connectivity index (χ3n) is 4.55. The summed E-state index contributed by atoms with van der Waals surface area (Å²) in [5, 5.41) is 4.81. The van der Waals surface area contributed by atoms with Crippen LogP contribution >= 0.6 is 11.6 Å². The number of rotatable bonds is 4. The van der Waals surface area contributed by atoms with Crippen LogP contribution in [0.4, 0.5) is 0 Å². The van der Waals surface area contributed by atoms with Crippen molar-refractivity contribution >= 4 is 28.4 Å². The molecule has 23 heavy (non-hydrogen) atoms. The third kappa shape index (κ3) is 3.24. The Kier molecular flexibility index (Phi) is 4.39. The topological polar surface area (TPSA) is 54.1 Å². The maximum atomic E-state index is 12.3. The lowest BCUT2D eigenvalue weighted by molar-refractivity contribution is -0.139. The number of hydrogen-bond donors (Lipinski definition) is 2. The molecule has 0 spiro atoms. The zero-order valence-corrected chi connectivity index (χ0v) is 14.6. The van der Waals surface area contributed by atoms with E-state index in [-0.39, 0.29) is 5.91 Å². The molecule has 3 rings (SSSR count). The summed E-state index contributed by atoms with van der Waals surface area (Å²) in [6.45, 7) is 7.22. The Hall–Kier alpha value is -1.52. The van der Waals surface area contributed by atoms with E-state index in [1.54, 1.807) is 0 Å². The van der Waals surface area contributed by atoms with Crippen LogP contribution in [0.3, 0.4) is 0 Å². The molecular weight excluding hydrogens is 312 g/mol. The standard InChI is InChI=1S/C18H23ClN2O2/c1-11(2)14-9-16-12(8-15(14)19)7-13(21-16)10-20-17(22)18(3)5-4-6-23-18/h7-9,11,21H,4-6,10H2,1-3H3,(H,20,22). The lowest BCUT2D eigenvalue weighted by Gasteiger charge is -2.21. The Morgan fingerprint density at radius 3 is 2.87 bits per heavy atom. The first-order valence-corrected chi connectivity index (χ1v) is 8.50. The maximum absolute atomic E-state index is 12.3. The van der Waals surface area contributed by atoms with E-state index in [0.29, 0.717) is 19.1 Å². The van der Waals surface area contributed by atoms with E-state index in [9.17, 15) is 4.79 Å². The molecule has 0 aliphatic carbocycles. The molecule has 1 amide bonds. The molecule has 1 unspecified atom stereocenters. The molecule has 0 saturated carbocycles. The zero-order valence-electron chi connectivity index (χ0n) is 13.8. The van der Waals surface area contributed by atoms with Crippen LogP contribution in [-0.2, 0) is 16.1 Å². The predicted molar refractivity (Wildman–Crippen MR) is 92.8 cm³/mol. The number of carbonyl (C=O) groups is 1. The minimum absolute atomic E-state index is 0.0467. The van der Waals surface area contributed by atoms with Gasteiger partial charge in [0.25, 0.3) is 5.91 Å². The van der Waals surface area contributed by atoms with Crippen molar-refractivity contribution in [1.29, 1.82) is 0 Å². The number of ether oxygens (including phenoxy) is 1. The molecule has 2 aromatic rings. The number of H-pyrrole nitrogens is 1. The van der Waals surface area contributed by atoms with Crippen LogP contribution in [0.1, 0.15) is 50.8 Å². The molecule has 1 aromatic heterocycles. The van der Waals surface area contributed by atoms with Crippen LogP contribution in [-0.4, -0.2) is 23.1 Å². The Labute approximate surface area is 141 Å². The third-order valence-corrected chi connectivity index (χ3v) is 4.88. The maximum Gasteiger partial charge on any atom is 0.252 e. The molecule has 1 atom stereocenters. The van der Waals surface area contributed by atoms with Gasteiger partial charge in [-0.3, -0.25) is 4.79 Å². The molecule has 1 aliphatic heterocycles. The van der Waals surface area contributed by atoms with Crippen molar-refractivity contribution in [3.05, 3.63) is 34.5 Å². The van der Waals surface area contributed by atoms with E-state index in [0.717, 1.165) is 40.0 Å². The summed E-state index contributed by atoms with van der Waals surface area (Å²) in [5.41, 5.74) is 2.46. The predicted octanol–water partition coefficient (Wildman–Crippen LogP) is 4.13. The largest absolute Gasteiger partial charge is 0.365 e. The van der Waals surface area contributed by atoms with Crippen molar-refractivity contribution in [3.63, 3.8) is 0 Å². The smallest absolute Gasteiger partial charge is 0.252 e. The Morgan fingerprint density at radius 2 is 2.22 bits per heavy atom. The number of aromatic amines is 1. The lowest BCUT2D eigenvalue weighted by Crippen LogP contribution is -2.43. The van der Waals surface area contributed by atoms with Crippen LogP contribution in [0.25, 0.3) is 10.9 Å². The van der Waals surface area contributed by atoms with E-state index in [4.69, 9.17) is 16.3 Å². The molecule has 2 heterocycles. The molecule has 0 radical (unpaired) electrons. The zero-order chi connectivity index (χ0) is 16.6. The van der Waals surface area contributed by atoms with Gasteiger partial charge in [-0.15, -0.1) is 0 Å². The Bertz CT molecular complexity index is 730. The van der Waals surface area contributed by atoms with Gasteiger partial charge in [0.1, 0.15) is 5.60 Å². The highest BCUT2D eigenvalue weighted by Gasteiger charge is 2.37. The fraction of sp³-hybridized carbons (Fsp3) is 0.500. The van der Waals surface area contributed by atoms with Crippen LogP contribution in [0.5, 0.6) is 0 Å². The Balaban J connectivity index is 1.75. The van der Waals surface area contributed by atoms with E-state index >= 15 is 0 Å². The second kappa shape index (κ2) is 6.17. The number of halogens is 1. The van der Waals surface area contributed by atoms with Crippen molar-refractivity contribution in [1.82, 2.24) is 10.3 Å². The average molecular weight is 335 g/mol. The number of aromatic nitrogens is 1. The summed E-state index contributed by atoms with van der Waals surface area (Å²) in [6, 6.07) is 6.11. The molecule has 5 heteroatoms. The first-order valence-electron chi connectivity index (χ1n) is 8.12. The van der Waals surface area contributed by atoms with Crippen molar-refractivity contribution in [2.45, 2.75) is 51.7 Å². The number of amides is 1. The molecule has 1 fully saturated rings. The van der Waals surface area contributed by atoms with Gasteiger partial charge in [0.15, 0.2) is 0 Å².